The van der Waals surface area contributed by atoms with Crippen LogP contribution in [0.1, 0.15) is 0 Å². The summed E-state index contributed by atoms with van der Waals surface area (Å²) in [6.07, 6.45) is 0. The van der Waals surface area contributed by atoms with E-state index in [1.165, 1.54) is 8.96 Å². The summed E-state index contributed by atoms with van der Waals surface area (Å²) in [6, 6.07) is 23.9. The van der Waals surface area contributed by atoms with E-state index in [4.69, 9.17) is 0 Å². The Balaban J connectivity index is 2.00. The predicted molar refractivity (Wildman–Crippen MR) is 104 cm³/mol. The second kappa shape index (κ2) is 5.74. The topological polar surface area (TPSA) is 36.0 Å². The zero-order chi connectivity index (χ0) is 15.8. The van der Waals surface area contributed by atoms with E-state index in [2.05, 4.69) is 51.8 Å². The monoisotopic (exact) mass is 411 g/mol. The molecule has 0 radical (unpaired) electrons. The lowest BCUT2D eigenvalue weighted by Gasteiger charge is -2.10. The predicted octanol–water partition coefficient (Wildman–Crippen LogP) is 5.81. The molecule has 0 spiro atoms. The quantitative estimate of drug-likeness (QED) is 0.401. The third-order valence-electron chi connectivity index (χ3n) is 4.03. The number of fused-ring (bicyclic) bond motifs is 1. The van der Waals surface area contributed by atoms with Crippen LogP contribution in [0.4, 0.5) is 0 Å². The zero-order valence-electron chi connectivity index (χ0n) is 12.3. The molecule has 1 heterocycles. The number of hydrogen-bond acceptors (Lipinski definition) is 1. The maximum atomic E-state index is 10.2. The van der Waals surface area contributed by atoms with Crippen LogP contribution in [0.25, 0.3) is 33.3 Å². The molecule has 0 atom stereocenters. The molecule has 1 aromatic heterocycles. The molecule has 0 saturated carbocycles. The maximum absolute atomic E-state index is 10.2. The van der Waals surface area contributed by atoms with Gasteiger partial charge in [0.15, 0.2) is 0 Å². The number of phenols is 1. The third kappa shape index (κ3) is 2.41. The molecular weight excluding hydrogens is 397 g/mol. The highest BCUT2D eigenvalue weighted by molar-refractivity contribution is 14.1. The van der Waals surface area contributed by atoms with Crippen LogP contribution in [-0.2, 0) is 0 Å². The highest BCUT2D eigenvalue weighted by Gasteiger charge is 2.15. The van der Waals surface area contributed by atoms with Crippen LogP contribution < -0.4 is 0 Å². The van der Waals surface area contributed by atoms with Gasteiger partial charge in [0.25, 0.3) is 0 Å². The van der Waals surface area contributed by atoms with Crippen molar-refractivity contribution in [1.29, 1.82) is 0 Å². The van der Waals surface area contributed by atoms with Crippen molar-refractivity contribution in [2.24, 2.45) is 0 Å². The first-order chi connectivity index (χ1) is 11.3. The highest BCUT2D eigenvalue weighted by Crippen LogP contribution is 2.39. The van der Waals surface area contributed by atoms with Crippen molar-refractivity contribution in [3.05, 3.63) is 76.4 Å². The molecular formula is C20H14INO. The van der Waals surface area contributed by atoms with Crippen LogP contribution in [0, 0.1) is 3.57 Å². The van der Waals surface area contributed by atoms with Gasteiger partial charge in [-0.05, 0) is 40.3 Å². The number of hydrogen-bond donors (Lipinski definition) is 2. The summed E-state index contributed by atoms with van der Waals surface area (Å²) >= 11 is 2.39. The van der Waals surface area contributed by atoms with Gasteiger partial charge in [0.1, 0.15) is 5.75 Å². The van der Waals surface area contributed by atoms with Gasteiger partial charge in [-0.25, -0.2) is 0 Å². The van der Waals surface area contributed by atoms with Crippen LogP contribution in [-0.4, -0.2) is 10.1 Å². The number of aromatic nitrogens is 1. The third-order valence-corrected chi connectivity index (χ3v) is 5.15. The summed E-state index contributed by atoms with van der Waals surface area (Å²) in [5.41, 5.74) is 5.17. The molecule has 0 saturated heterocycles. The van der Waals surface area contributed by atoms with Crippen molar-refractivity contribution in [1.82, 2.24) is 4.98 Å². The normalized spacial score (nSPS) is 11.0. The van der Waals surface area contributed by atoms with E-state index in [1.807, 2.05) is 42.5 Å². The number of H-pyrrole nitrogens is 1. The van der Waals surface area contributed by atoms with Gasteiger partial charge in [-0.3, -0.25) is 0 Å². The van der Waals surface area contributed by atoms with Gasteiger partial charge in [-0.1, -0.05) is 60.7 Å². The first-order valence-electron chi connectivity index (χ1n) is 7.39. The van der Waals surface area contributed by atoms with Crippen LogP contribution in [0.2, 0.25) is 0 Å². The Hall–Kier alpha value is -2.27. The average Bonchev–Trinajstić information content (AvgIpc) is 2.93. The summed E-state index contributed by atoms with van der Waals surface area (Å²) in [7, 11) is 0. The molecule has 4 rings (SSSR count). The second-order valence-electron chi connectivity index (χ2n) is 5.42. The van der Waals surface area contributed by atoms with Crippen molar-refractivity contribution >= 4 is 33.5 Å². The Morgan fingerprint density at radius 1 is 0.696 bits per heavy atom. The van der Waals surface area contributed by atoms with Gasteiger partial charge >= 0.3 is 0 Å². The minimum atomic E-state index is 0.297. The molecule has 0 bridgehead atoms. The first-order valence-corrected chi connectivity index (χ1v) is 8.47. The van der Waals surface area contributed by atoms with Crippen molar-refractivity contribution in [2.75, 3.05) is 0 Å². The zero-order valence-corrected chi connectivity index (χ0v) is 14.4. The Bertz CT molecular complexity index is 1000. The van der Waals surface area contributed by atoms with Gasteiger partial charge < -0.3 is 10.1 Å². The molecule has 112 valence electrons. The summed E-state index contributed by atoms with van der Waals surface area (Å²) in [4.78, 5) is 3.52. The Kier molecular flexibility index (Phi) is 3.58. The van der Waals surface area contributed by atoms with Crippen LogP contribution in [0.3, 0.4) is 0 Å². The summed E-state index contributed by atoms with van der Waals surface area (Å²) in [6.45, 7) is 0. The minimum absolute atomic E-state index is 0.297. The van der Waals surface area contributed by atoms with Gasteiger partial charge in [-0.15, -0.1) is 0 Å². The van der Waals surface area contributed by atoms with Crippen molar-refractivity contribution < 1.29 is 5.11 Å². The molecule has 3 aromatic carbocycles. The number of benzene rings is 3. The molecule has 3 heteroatoms. The molecule has 0 fully saturated rings. The molecule has 2 nitrogen and oxygen atoms in total. The molecule has 0 aliphatic heterocycles. The first kappa shape index (κ1) is 14.3. The van der Waals surface area contributed by atoms with E-state index in [9.17, 15) is 5.11 Å². The van der Waals surface area contributed by atoms with Gasteiger partial charge in [-0.2, -0.15) is 0 Å². The van der Waals surface area contributed by atoms with E-state index < -0.39 is 0 Å². The second-order valence-corrected chi connectivity index (χ2v) is 6.50. The fourth-order valence-corrected chi connectivity index (χ4v) is 3.83. The lowest BCUT2D eigenvalue weighted by atomic mass is 9.97. The summed E-state index contributed by atoms with van der Waals surface area (Å²) < 4.78 is 1.20. The van der Waals surface area contributed by atoms with Crippen LogP contribution >= 0.6 is 22.6 Å². The average molecular weight is 411 g/mol. The van der Waals surface area contributed by atoms with Gasteiger partial charge in [0, 0.05) is 25.6 Å². The van der Waals surface area contributed by atoms with Crippen molar-refractivity contribution in [3.8, 4) is 28.1 Å². The lowest BCUT2D eigenvalue weighted by Crippen LogP contribution is -1.87. The number of para-hydroxylation sites is 2. The molecule has 0 aliphatic carbocycles. The summed E-state index contributed by atoms with van der Waals surface area (Å²) in [5.74, 6) is 0.297. The Morgan fingerprint density at radius 2 is 1.30 bits per heavy atom. The minimum Gasteiger partial charge on any atom is -0.507 e. The standard InChI is InChI=1S/C20H14INO/c21-19-16-10-3-5-11-17(16)22-20(19)15-9-2-1-7-13(15)14-8-4-6-12-18(14)23/h1-12,22-23H. The van der Waals surface area contributed by atoms with E-state index in [-0.39, 0.29) is 0 Å². The van der Waals surface area contributed by atoms with Gasteiger partial charge in [0.2, 0.25) is 0 Å². The van der Waals surface area contributed by atoms with Crippen molar-refractivity contribution in [3.63, 3.8) is 0 Å². The summed E-state index contributed by atoms with van der Waals surface area (Å²) in [5, 5.41) is 11.5. The number of rotatable bonds is 2. The molecule has 0 aliphatic rings. The number of nitrogens with one attached hydrogen (secondary N) is 1. The Morgan fingerprint density at radius 3 is 2.04 bits per heavy atom. The molecule has 0 unspecified atom stereocenters. The largest absolute Gasteiger partial charge is 0.507 e. The van der Waals surface area contributed by atoms with E-state index in [0.717, 1.165) is 27.9 Å². The molecule has 23 heavy (non-hydrogen) atoms. The van der Waals surface area contributed by atoms with Crippen LogP contribution in [0.5, 0.6) is 5.75 Å². The Labute approximate surface area is 147 Å². The number of phenolic OH excluding ortho intramolecular Hbond substituents is 1. The number of halogens is 1. The van der Waals surface area contributed by atoms with Crippen molar-refractivity contribution in [2.45, 2.75) is 0 Å². The van der Waals surface area contributed by atoms with Gasteiger partial charge in [0.05, 0.1) is 5.69 Å². The molecule has 4 aromatic rings. The van der Waals surface area contributed by atoms with E-state index in [1.54, 1.807) is 6.07 Å². The molecule has 0 amide bonds. The fourth-order valence-electron chi connectivity index (χ4n) is 2.93. The highest BCUT2D eigenvalue weighted by atomic mass is 127. The van der Waals surface area contributed by atoms with Crippen LogP contribution in [0.15, 0.2) is 72.8 Å². The molecule has 2 N–H and O–H groups in total. The lowest BCUT2D eigenvalue weighted by molar-refractivity contribution is 0.477. The van der Waals surface area contributed by atoms with E-state index >= 15 is 0 Å². The number of aromatic hydroxyl groups is 1. The SMILES string of the molecule is Oc1ccccc1-c1ccccc1-c1[nH]c2ccccc2c1I. The smallest absolute Gasteiger partial charge is 0.123 e. The number of aromatic amines is 1. The maximum Gasteiger partial charge on any atom is 0.123 e. The fraction of sp³-hybridized carbons (Fsp3) is 0. The van der Waals surface area contributed by atoms with E-state index in [0.29, 0.717) is 5.75 Å².